The summed E-state index contributed by atoms with van der Waals surface area (Å²) in [5.41, 5.74) is 1.96. The number of fused-ring (bicyclic) bond motifs is 4. The molecule has 1 N–H and O–H groups in total. The van der Waals surface area contributed by atoms with Gasteiger partial charge in [-0.2, -0.15) is 0 Å². The van der Waals surface area contributed by atoms with Crippen molar-refractivity contribution in [2.75, 3.05) is 33.2 Å². The summed E-state index contributed by atoms with van der Waals surface area (Å²) in [6.45, 7) is 6.79. The van der Waals surface area contributed by atoms with Crippen LogP contribution in [0, 0.1) is 5.92 Å². The maximum Gasteiger partial charge on any atom is 0.237 e. The van der Waals surface area contributed by atoms with Crippen molar-refractivity contribution in [2.24, 2.45) is 5.92 Å². The van der Waals surface area contributed by atoms with Crippen LogP contribution in [0.5, 0.6) is 0 Å². The highest BCUT2D eigenvalue weighted by molar-refractivity contribution is 5.83. The van der Waals surface area contributed by atoms with Gasteiger partial charge in [0.15, 0.2) is 0 Å². The van der Waals surface area contributed by atoms with E-state index in [0.29, 0.717) is 13.1 Å². The van der Waals surface area contributed by atoms with Gasteiger partial charge in [-0.1, -0.05) is 74.5 Å². The number of rotatable bonds is 7. The smallest absolute Gasteiger partial charge is 0.237 e. The zero-order valence-corrected chi connectivity index (χ0v) is 19.5. The summed E-state index contributed by atoms with van der Waals surface area (Å²) in [6.07, 6.45) is 1.59. The molecular formula is C27H35N3O2. The quantitative estimate of drug-likeness (QED) is 0.725. The van der Waals surface area contributed by atoms with Crippen LogP contribution in [0.2, 0.25) is 0 Å². The summed E-state index contributed by atoms with van der Waals surface area (Å²) in [6, 6.07) is 20.7. The number of nitrogens with zero attached hydrogens (tertiary/aromatic N) is 2. The predicted molar refractivity (Wildman–Crippen MR) is 127 cm³/mol. The van der Waals surface area contributed by atoms with Crippen LogP contribution < -0.4 is 5.32 Å². The van der Waals surface area contributed by atoms with E-state index in [1.54, 1.807) is 0 Å². The molecule has 1 aliphatic carbocycles. The van der Waals surface area contributed by atoms with Crippen LogP contribution in [0.15, 0.2) is 60.7 Å². The van der Waals surface area contributed by atoms with E-state index < -0.39 is 5.54 Å². The molecular weight excluding hydrogens is 398 g/mol. The van der Waals surface area contributed by atoms with E-state index in [-0.39, 0.29) is 29.6 Å². The molecule has 2 aromatic carbocycles. The summed E-state index contributed by atoms with van der Waals surface area (Å²) in [5, 5.41) is 3.22. The maximum absolute atomic E-state index is 13.4. The minimum atomic E-state index is -0.409. The van der Waals surface area contributed by atoms with Crippen molar-refractivity contribution in [1.29, 1.82) is 0 Å². The van der Waals surface area contributed by atoms with Gasteiger partial charge in [0.25, 0.3) is 0 Å². The summed E-state index contributed by atoms with van der Waals surface area (Å²) in [4.78, 5) is 30.9. The zero-order chi connectivity index (χ0) is 22.7. The molecule has 5 rings (SSSR count). The molecule has 170 valence electrons. The monoisotopic (exact) mass is 433 g/mol. The minimum Gasteiger partial charge on any atom is -0.353 e. The van der Waals surface area contributed by atoms with Crippen LogP contribution in [-0.2, 0) is 9.59 Å². The van der Waals surface area contributed by atoms with E-state index >= 15 is 0 Å². The molecule has 2 unspecified atom stereocenters. The molecule has 0 radical (unpaired) electrons. The molecule has 5 nitrogen and oxygen atoms in total. The third-order valence-electron chi connectivity index (χ3n) is 7.76. The fourth-order valence-corrected chi connectivity index (χ4v) is 5.77. The van der Waals surface area contributed by atoms with Gasteiger partial charge in [-0.15, -0.1) is 0 Å². The Morgan fingerprint density at radius 1 is 0.938 bits per heavy atom. The van der Waals surface area contributed by atoms with E-state index in [2.05, 4.69) is 48.3 Å². The van der Waals surface area contributed by atoms with Crippen LogP contribution >= 0.6 is 0 Å². The Kier molecular flexibility index (Phi) is 6.66. The van der Waals surface area contributed by atoms with Gasteiger partial charge in [-0.05, 0) is 48.9 Å². The topological polar surface area (TPSA) is 52.7 Å². The lowest BCUT2D eigenvalue weighted by Gasteiger charge is -2.50. The van der Waals surface area contributed by atoms with Gasteiger partial charge >= 0.3 is 0 Å². The first kappa shape index (κ1) is 22.5. The van der Waals surface area contributed by atoms with Crippen molar-refractivity contribution >= 4 is 11.8 Å². The van der Waals surface area contributed by atoms with Gasteiger partial charge in [-0.3, -0.25) is 14.5 Å². The van der Waals surface area contributed by atoms with Crippen LogP contribution in [0.3, 0.4) is 0 Å². The average molecular weight is 434 g/mol. The molecule has 2 amide bonds. The Morgan fingerprint density at radius 3 is 1.91 bits per heavy atom. The van der Waals surface area contributed by atoms with Crippen LogP contribution in [0.25, 0.3) is 0 Å². The highest BCUT2D eigenvalue weighted by Gasteiger charge is 2.55. The number of hydrogen-bond donors (Lipinski definition) is 1. The Balaban J connectivity index is 1.76. The van der Waals surface area contributed by atoms with Crippen LogP contribution in [0.1, 0.15) is 49.7 Å². The Morgan fingerprint density at radius 2 is 1.44 bits per heavy atom. The van der Waals surface area contributed by atoms with Crippen molar-refractivity contribution < 1.29 is 9.59 Å². The Labute approximate surface area is 191 Å². The molecule has 2 heterocycles. The first-order valence-electron chi connectivity index (χ1n) is 11.9. The van der Waals surface area contributed by atoms with Crippen molar-refractivity contribution in [2.45, 2.75) is 44.1 Å². The number of amides is 2. The maximum atomic E-state index is 13.4. The van der Waals surface area contributed by atoms with Crippen molar-refractivity contribution in [3.8, 4) is 0 Å². The second-order valence-corrected chi connectivity index (χ2v) is 9.32. The molecule has 1 saturated carbocycles. The predicted octanol–water partition coefficient (Wildman–Crippen LogP) is 3.63. The third kappa shape index (κ3) is 4.18. The number of nitrogens with one attached hydrogen (secondary N) is 1. The van der Waals surface area contributed by atoms with E-state index in [4.69, 9.17) is 0 Å². The Hall–Kier alpha value is -2.66. The number of likely N-dealkylation sites (N-methyl/N-ethyl adjacent to an activating group) is 2. The molecule has 32 heavy (non-hydrogen) atoms. The number of hydrogen-bond acceptors (Lipinski definition) is 3. The van der Waals surface area contributed by atoms with Gasteiger partial charge in [-0.25, -0.2) is 0 Å². The number of benzene rings is 2. The molecule has 2 bridgehead atoms. The standard InChI is InChI=1S/C27H35N3O2/c1-4-30(5-2)18-24(31)29(3)27-16-22(20-12-8-6-9-13-20)25(26(32)28-19-27)23(17-27)21-14-10-7-11-15-21/h6-15,22-23,25H,4-5,16-19H2,1-3H3,(H,28,32). The van der Waals surface area contributed by atoms with Gasteiger partial charge in [0.05, 0.1) is 18.0 Å². The zero-order valence-electron chi connectivity index (χ0n) is 19.5. The highest BCUT2D eigenvalue weighted by atomic mass is 16.2. The largest absolute Gasteiger partial charge is 0.353 e. The first-order chi connectivity index (χ1) is 15.5. The highest BCUT2D eigenvalue weighted by Crippen LogP contribution is 2.53. The van der Waals surface area contributed by atoms with E-state index in [1.807, 2.05) is 48.3 Å². The van der Waals surface area contributed by atoms with Gasteiger partial charge < -0.3 is 10.2 Å². The molecule has 2 aliphatic heterocycles. The molecule has 5 heteroatoms. The van der Waals surface area contributed by atoms with Crippen LogP contribution in [0.4, 0.5) is 0 Å². The average Bonchev–Trinajstić information content (AvgIpc) is 3.09. The summed E-state index contributed by atoms with van der Waals surface area (Å²) in [5.74, 6) is 0.239. The SMILES string of the molecule is CCN(CC)CC(=O)N(C)C12CNC(=O)C(C(c3ccccc3)C1)C(c1ccccc1)C2. The second-order valence-electron chi connectivity index (χ2n) is 9.32. The molecule has 2 atom stereocenters. The molecule has 0 aromatic heterocycles. The molecule has 3 aliphatic rings. The summed E-state index contributed by atoms with van der Waals surface area (Å²) < 4.78 is 0. The lowest BCUT2D eigenvalue weighted by molar-refractivity contribution is -0.138. The third-order valence-corrected chi connectivity index (χ3v) is 7.76. The number of carbonyl (C=O) groups excluding carboxylic acids is 2. The summed E-state index contributed by atoms with van der Waals surface area (Å²) >= 11 is 0. The molecule has 2 saturated heterocycles. The van der Waals surface area contributed by atoms with Gasteiger partial charge in [0.2, 0.25) is 11.8 Å². The van der Waals surface area contributed by atoms with Gasteiger partial charge in [0, 0.05) is 13.6 Å². The molecule has 0 spiro atoms. The number of carbonyl (C=O) groups is 2. The van der Waals surface area contributed by atoms with E-state index in [1.165, 1.54) is 11.1 Å². The fraction of sp³-hybridized carbons (Fsp3) is 0.481. The van der Waals surface area contributed by atoms with Crippen LogP contribution in [-0.4, -0.2) is 60.4 Å². The van der Waals surface area contributed by atoms with Crippen molar-refractivity contribution in [3.05, 3.63) is 71.8 Å². The van der Waals surface area contributed by atoms with Gasteiger partial charge in [0.1, 0.15) is 0 Å². The minimum absolute atomic E-state index is 0.0707. The summed E-state index contributed by atoms with van der Waals surface area (Å²) in [7, 11) is 1.94. The lowest BCUT2D eigenvalue weighted by atomic mass is 9.61. The molecule has 3 fully saturated rings. The lowest BCUT2D eigenvalue weighted by Crippen LogP contribution is -2.58. The van der Waals surface area contributed by atoms with E-state index in [0.717, 1.165) is 25.9 Å². The molecule has 2 aromatic rings. The van der Waals surface area contributed by atoms with Crippen molar-refractivity contribution in [1.82, 2.24) is 15.1 Å². The fourth-order valence-electron chi connectivity index (χ4n) is 5.77. The normalized spacial score (nSPS) is 27.1. The van der Waals surface area contributed by atoms with E-state index in [9.17, 15) is 9.59 Å². The second kappa shape index (κ2) is 9.45. The Bertz CT molecular complexity index is 877. The first-order valence-corrected chi connectivity index (χ1v) is 11.9. The van der Waals surface area contributed by atoms with Crippen molar-refractivity contribution in [3.63, 3.8) is 0 Å².